The lowest BCUT2D eigenvalue weighted by atomic mass is 9.79. The first-order valence-electron chi connectivity index (χ1n) is 14.4. The summed E-state index contributed by atoms with van der Waals surface area (Å²) in [5.41, 5.74) is 0. The summed E-state index contributed by atoms with van der Waals surface area (Å²) in [6.07, 6.45) is 7.53. The van der Waals surface area contributed by atoms with E-state index in [0.29, 0.717) is 51.6 Å². The summed E-state index contributed by atoms with van der Waals surface area (Å²) in [4.78, 5) is 24.5. The van der Waals surface area contributed by atoms with Crippen molar-refractivity contribution < 1.29 is 42.7 Å². The molecule has 9 heteroatoms. The number of carbonyl (C=O) groups excluding carboxylic acids is 2. The van der Waals surface area contributed by atoms with Gasteiger partial charge < -0.3 is 33.2 Å². The van der Waals surface area contributed by atoms with Crippen LogP contribution in [0.15, 0.2) is 0 Å². The van der Waals surface area contributed by atoms with E-state index in [2.05, 4.69) is 6.92 Å². The van der Waals surface area contributed by atoms with Gasteiger partial charge in [0.25, 0.3) is 0 Å². The zero-order chi connectivity index (χ0) is 26.3. The fourth-order valence-electron chi connectivity index (χ4n) is 5.55. The maximum absolute atomic E-state index is 12.3. The van der Waals surface area contributed by atoms with Crippen molar-refractivity contribution in [3.05, 3.63) is 0 Å². The minimum Gasteiger partial charge on any atom is -0.466 e. The highest BCUT2D eigenvalue weighted by molar-refractivity contribution is 5.69. The van der Waals surface area contributed by atoms with Crippen LogP contribution in [0.3, 0.4) is 0 Å². The molecule has 4 aliphatic rings. The number of fused-ring (bicyclic) bond motifs is 4. The molecule has 3 aliphatic heterocycles. The fraction of sp³-hybridized carbons (Fsp3) is 0.929. The van der Waals surface area contributed by atoms with Crippen LogP contribution in [0.25, 0.3) is 0 Å². The molecule has 4 rings (SSSR count). The summed E-state index contributed by atoms with van der Waals surface area (Å²) < 4.78 is 41.8. The van der Waals surface area contributed by atoms with Gasteiger partial charge in [-0.3, -0.25) is 9.59 Å². The highest BCUT2D eigenvalue weighted by Crippen LogP contribution is 2.38. The Bertz CT molecular complexity index is 737. The molecular formula is C28H46O9. The molecule has 1 saturated carbocycles. The van der Waals surface area contributed by atoms with E-state index in [0.717, 1.165) is 38.5 Å². The van der Waals surface area contributed by atoms with Crippen LogP contribution in [0.2, 0.25) is 0 Å². The predicted molar refractivity (Wildman–Crippen MR) is 134 cm³/mol. The van der Waals surface area contributed by atoms with E-state index >= 15 is 0 Å². The zero-order valence-corrected chi connectivity index (χ0v) is 22.8. The van der Waals surface area contributed by atoms with Crippen LogP contribution in [-0.2, 0) is 42.7 Å². The molecule has 0 aromatic carbocycles. The maximum Gasteiger partial charge on any atom is 0.305 e. The van der Waals surface area contributed by atoms with Gasteiger partial charge in [-0.1, -0.05) is 13.3 Å². The second-order valence-corrected chi connectivity index (χ2v) is 11.5. The van der Waals surface area contributed by atoms with Gasteiger partial charge in [0.2, 0.25) is 0 Å². The average molecular weight is 527 g/mol. The first-order chi connectivity index (χ1) is 17.8. The van der Waals surface area contributed by atoms with Crippen molar-refractivity contribution in [1.82, 2.24) is 0 Å². The van der Waals surface area contributed by atoms with Gasteiger partial charge in [0.05, 0.1) is 45.1 Å². The van der Waals surface area contributed by atoms with E-state index in [4.69, 9.17) is 33.2 Å². The van der Waals surface area contributed by atoms with E-state index in [1.54, 1.807) is 0 Å². The van der Waals surface area contributed by atoms with Gasteiger partial charge in [0.15, 0.2) is 12.1 Å². The van der Waals surface area contributed by atoms with Gasteiger partial charge in [-0.15, -0.1) is 0 Å². The van der Waals surface area contributed by atoms with Crippen molar-refractivity contribution in [3.63, 3.8) is 0 Å². The molecule has 3 saturated heterocycles. The van der Waals surface area contributed by atoms with Gasteiger partial charge >= 0.3 is 11.9 Å². The zero-order valence-electron chi connectivity index (χ0n) is 22.8. The first kappa shape index (κ1) is 28.7. The van der Waals surface area contributed by atoms with Crippen LogP contribution in [0, 0.1) is 11.8 Å². The topological polar surface area (TPSA) is 98.8 Å². The average Bonchev–Trinajstić information content (AvgIpc) is 3.42. The maximum atomic E-state index is 12.3. The monoisotopic (exact) mass is 526 g/mol. The Kier molecular flexibility index (Phi) is 10.6. The smallest absolute Gasteiger partial charge is 0.305 e. The van der Waals surface area contributed by atoms with Crippen LogP contribution in [0.1, 0.15) is 91.4 Å². The third-order valence-corrected chi connectivity index (χ3v) is 7.89. The SMILES string of the molecule is CC1COC(C2CCC2)CCC(=O)OCCCCCCOC(=O)CCC2OCC(O2)C2OC(C)(C)OC12. The molecule has 0 aromatic rings. The summed E-state index contributed by atoms with van der Waals surface area (Å²) in [6, 6.07) is 0. The third kappa shape index (κ3) is 8.62. The molecule has 0 spiro atoms. The van der Waals surface area contributed by atoms with E-state index in [9.17, 15) is 9.59 Å². The number of hydrogen-bond acceptors (Lipinski definition) is 9. The number of hydrogen-bond donors (Lipinski definition) is 0. The van der Waals surface area contributed by atoms with Gasteiger partial charge in [-0.05, 0) is 64.7 Å². The highest BCUT2D eigenvalue weighted by atomic mass is 16.8. The van der Waals surface area contributed by atoms with Crippen LogP contribution in [0.4, 0.5) is 0 Å². The van der Waals surface area contributed by atoms with E-state index < -0.39 is 12.1 Å². The predicted octanol–water partition coefficient (Wildman–Crippen LogP) is 4.29. The molecule has 6 unspecified atom stereocenters. The fourth-order valence-corrected chi connectivity index (χ4v) is 5.55. The molecule has 0 aromatic heterocycles. The lowest BCUT2D eigenvalue weighted by Gasteiger charge is -2.35. The Balaban J connectivity index is 1.38. The van der Waals surface area contributed by atoms with Crippen molar-refractivity contribution in [3.8, 4) is 0 Å². The minimum atomic E-state index is -0.739. The summed E-state index contributed by atoms with van der Waals surface area (Å²) in [5, 5.41) is 0. The Hall–Kier alpha value is -1.26. The minimum absolute atomic E-state index is 0.0483. The molecule has 0 amide bonds. The Morgan fingerprint density at radius 3 is 2.00 bits per heavy atom. The van der Waals surface area contributed by atoms with Gasteiger partial charge in [-0.25, -0.2) is 0 Å². The Morgan fingerprint density at radius 1 is 0.703 bits per heavy atom. The van der Waals surface area contributed by atoms with Crippen LogP contribution in [0.5, 0.6) is 0 Å². The van der Waals surface area contributed by atoms with Gasteiger partial charge in [0.1, 0.15) is 12.2 Å². The number of carbonyl (C=O) groups is 2. The van der Waals surface area contributed by atoms with Crippen LogP contribution >= 0.6 is 0 Å². The molecule has 212 valence electrons. The molecule has 0 radical (unpaired) electrons. The normalized spacial score (nSPS) is 37.7. The first-order valence-corrected chi connectivity index (χ1v) is 14.4. The summed E-state index contributed by atoms with van der Waals surface area (Å²) in [6.45, 7) is 7.67. The van der Waals surface area contributed by atoms with E-state index in [-0.39, 0.29) is 48.7 Å². The standard InChI is InChI=1S/C28H46O9/c1-19-17-33-21(20-9-8-10-20)11-12-23(29)31-15-6-4-5-7-16-32-24(30)13-14-25-34-18-22(35-25)27-26(19)36-28(2,3)37-27/h19-22,25-27H,4-18H2,1-3H3. The highest BCUT2D eigenvalue weighted by Gasteiger charge is 2.50. The molecule has 6 atom stereocenters. The summed E-state index contributed by atoms with van der Waals surface area (Å²) >= 11 is 0. The molecule has 4 fully saturated rings. The molecule has 3 heterocycles. The number of ether oxygens (including phenoxy) is 7. The number of rotatable bonds is 1. The van der Waals surface area contributed by atoms with E-state index in [1.807, 2.05) is 13.8 Å². The Labute approximate surface area is 221 Å². The summed E-state index contributed by atoms with van der Waals surface area (Å²) in [5.74, 6) is -0.582. The molecule has 0 N–H and O–H groups in total. The molecule has 37 heavy (non-hydrogen) atoms. The van der Waals surface area contributed by atoms with Crippen molar-refractivity contribution in [1.29, 1.82) is 0 Å². The number of esters is 2. The molecule has 1 aliphatic carbocycles. The second-order valence-electron chi connectivity index (χ2n) is 11.5. The lowest BCUT2D eigenvalue weighted by molar-refractivity contribution is -0.163. The van der Waals surface area contributed by atoms with Crippen LogP contribution < -0.4 is 0 Å². The molecular weight excluding hydrogens is 480 g/mol. The second kappa shape index (κ2) is 13.7. The van der Waals surface area contributed by atoms with Crippen molar-refractivity contribution in [2.24, 2.45) is 11.8 Å². The van der Waals surface area contributed by atoms with E-state index in [1.165, 1.54) is 6.42 Å². The van der Waals surface area contributed by atoms with Crippen molar-refractivity contribution >= 4 is 11.9 Å². The third-order valence-electron chi connectivity index (χ3n) is 7.89. The van der Waals surface area contributed by atoms with Gasteiger partial charge in [0, 0.05) is 18.8 Å². The molecule has 2 bridgehead atoms. The van der Waals surface area contributed by atoms with Crippen molar-refractivity contribution in [2.75, 3.05) is 26.4 Å². The van der Waals surface area contributed by atoms with Crippen LogP contribution in [-0.4, -0.2) is 74.9 Å². The summed E-state index contributed by atoms with van der Waals surface area (Å²) in [7, 11) is 0. The van der Waals surface area contributed by atoms with Gasteiger partial charge in [-0.2, -0.15) is 0 Å². The number of cyclic esters (lactones) is 2. The lowest BCUT2D eigenvalue weighted by Crippen LogP contribution is -2.42. The van der Waals surface area contributed by atoms with Crippen molar-refractivity contribution in [2.45, 2.75) is 128 Å². The molecule has 9 nitrogen and oxygen atoms in total. The Morgan fingerprint density at radius 2 is 1.35 bits per heavy atom. The largest absolute Gasteiger partial charge is 0.466 e. The quantitative estimate of drug-likeness (QED) is 0.463.